The molecule has 3 amide bonds. The molecule has 2 aromatic rings. The van der Waals surface area contributed by atoms with Crippen LogP contribution in [-0.4, -0.2) is 49.4 Å². The molecule has 10 heteroatoms. The standard InChI is InChI=1S/C28H39N3O5S2/c1-5-8-28(34)31(16-15-27(33)29-24(19-37)17-20(2)3)18-22-11-13-23(14-12-22)25-9-6-7-10-26(25)38(35,36)30-21(4)32/h6-7,9-14,20,24,37H,5,8,15-19H2,1-4H3,(H,29,33)(H,30,32)/t24-/m1/s1. The van der Waals surface area contributed by atoms with Crippen LogP contribution in [0, 0.1) is 5.92 Å². The van der Waals surface area contributed by atoms with Crippen LogP contribution < -0.4 is 10.0 Å². The van der Waals surface area contributed by atoms with Gasteiger partial charge in [0.25, 0.3) is 10.0 Å². The summed E-state index contributed by atoms with van der Waals surface area (Å²) >= 11 is 4.34. The second kappa shape index (κ2) is 14.9. The molecule has 0 heterocycles. The van der Waals surface area contributed by atoms with E-state index in [1.807, 2.05) is 23.8 Å². The van der Waals surface area contributed by atoms with Gasteiger partial charge in [-0.15, -0.1) is 0 Å². The Balaban J connectivity index is 2.17. The van der Waals surface area contributed by atoms with E-state index in [-0.39, 0.29) is 29.2 Å². The van der Waals surface area contributed by atoms with E-state index in [1.54, 1.807) is 35.2 Å². The van der Waals surface area contributed by atoms with E-state index in [1.165, 1.54) is 6.07 Å². The molecule has 2 aromatic carbocycles. The largest absolute Gasteiger partial charge is 0.352 e. The third-order valence-electron chi connectivity index (χ3n) is 5.86. The van der Waals surface area contributed by atoms with E-state index in [9.17, 15) is 22.8 Å². The molecule has 0 radical (unpaired) electrons. The maximum Gasteiger partial charge on any atom is 0.264 e. The van der Waals surface area contributed by atoms with Crippen LogP contribution in [0.5, 0.6) is 0 Å². The van der Waals surface area contributed by atoms with E-state index in [2.05, 4.69) is 31.8 Å². The van der Waals surface area contributed by atoms with Crippen molar-refractivity contribution in [1.82, 2.24) is 14.9 Å². The minimum atomic E-state index is -4.01. The highest BCUT2D eigenvalue weighted by atomic mass is 32.2. The molecule has 0 saturated heterocycles. The minimum absolute atomic E-state index is 0.00416. The average Bonchev–Trinajstić information content (AvgIpc) is 2.85. The highest BCUT2D eigenvalue weighted by Crippen LogP contribution is 2.27. The lowest BCUT2D eigenvalue weighted by Gasteiger charge is -2.24. The van der Waals surface area contributed by atoms with Crippen LogP contribution in [0.2, 0.25) is 0 Å². The summed E-state index contributed by atoms with van der Waals surface area (Å²) in [5.74, 6) is 0.205. The molecule has 2 N–H and O–H groups in total. The van der Waals surface area contributed by atoms with Gasteiger partial charge in [0, 0.05) is 50.2 Å². The van der Waals surface area contributed by atoms with Gasteiger partial charge in [0.05, 0.1) is 4.90 Å². The number of thiol groups is 1. The van der Waals surface area contributed by atoms with Crippen LogP contribution in [0.1, 0.15) is 58.9 Å². The van der Waals surface area contributed by atoms with Crippen molar-refractivity contribution in [3.63, 3.8) is 0 Å². The Morgan fingerprint density at radius 2 is 1.66 bits per heavy atom. The van der Waals surface area contributed by atoms with E-state index < -0.39 is 15.9 Å². The quantitative estimate of drug-likeness (QED) is 0.300. The van der Waals surface area contributed by atoms with Gasteiger partial charge in [0.1, 0.15) is 0 Å². The molecule has 0 aliphatic rings. The fourth-order valence-corrected chi connectivity index (χ4v) is 5.60. The zero-order chi connectivity index (χ0) is 28.3. The highest BCUT2D eigenvalue weighted by Gasteiger charge is 2.21. The SMILES string of the molecule is CCCC(=O)N(CCC(=O)N[C@@H](CS)CC(C)C)Cc1ccc(-c2ccccc2S(=O)(=O)NC(C)=O)cc1. The third-order valence-corrected chi connectivity index (χ3v) is 7.79. The first-order valence-corrected chi connectivity index (χ1v) is 15.0. The molecule has 1 atom stereocenters. The maximum absolute atomic E-state index is 12.8. The van der Waals surface area contributed by atoms with Gasteiger partial charge in [-0.2, -0.15) is 12.6 Å². The number of sulfonamides is 1. The van der Waals surface area contributed by atoms with Gasteiger partial charge in [0.2, 0.25) is 17.7 Å². The molecule has 0 aliphatic heterocycles. The highest BCUT2D eigenvalue weighted by molar-refractivity contribution is 7.90. The van der Waals surface area contributed by atoms with Gasteiger partial charge >= 0.3 is 0 Å². The molecule has 0 aliphatic carbocycles. The van der Waals surface area contributed by atoms with Crippen LogP contribution in [0.15, 0.2) is 53.4 Å². The summed E-state index contributed by atoms with van der Waals surface area (Å²) in [5.41, 5.74) is 1.98. The molecule has 0 bridgehead atoms. The van der Waals surface area contributed by atoms with Crippen molar-refractivity contribution in [3.8, 4) is 11.1 Å². The molecule has 0 aromatic heterocycles. The summed E-state index contributed by atoms with van der Waals surface area (Å²) < 4.78 is 27.3. The number of carbonyl (C=O) groups excluding carboxylic acids is 3. The van der Waals surface area contributed by atoms with E-state index in [0.29, 0.717) is 48.7 Å². The molecular formula is C28H39N3O5S2. The van der Waals surface area contributed by atoms with Crippen molar-refractivity contribution in [3.05, 3.63) is 54.1 Å². The Morgan fingerprint density at radius 3 is 2.24 bits per heavy atom. The number of amides is 3. The summed E-state index contributed by atoms with van der Waals surface area (Å²) in [4.78, 5) is 38.4. The lowest BCUT2D eigenvalue weighted by molar-refractivity contribution is -0.132. The zero-order valence-electron chi connectivity index (χ0n) is 22.6. The first kappa shape index (κ1) is 31.4. The Bertz CT molecular complexity index is 1200. The number of nitrogens with one attached hydrogen (secondary N) is 2. The predicted octanol–water partition coefficient (Wildman–Crippen LogP) is 4.16. The van der Waals surface area contributed by atoms with Crippen LogP contribution in [0.4, 0.5) is 0 Å². The predicted molar refractivity (Wildman–Crippen MR) is 153 cm³/mol. The van der Waals surface area contributed by atoms with Crippen molar-refractivity contribution < 1.29 is 22.8 Å². The molecule has 2 rings (SSSR count). The first-order valence-electron chi connectivity index (χ1n) is 12.9. The Hall–Kier alpha value is -2.85. The molecule has 8 nitrogen and oxygen atoms in total. The summed E-state index contributed by atoms with van der Waals surface area (Å²) in [5, 5.41) is 3.01. The van der Waals surface area contributed by atoms with Gasteiger partial charge < -0.3 is 10.2 Å². The average molecular weight is 562 g/mol. The molecule has 0 fully saturated rings. The summed E-state index contributed by atoms with van der Waals surface area (Å²) in [6, 6.07) is 13.7. The summed E-state index contributed by atoms with van der Waals surface area (Å²) in [6.07, 6.45) is 2.14. The van der Waals surface area contributed by atoms with Crippen molar-refractivity contribution in [1.29, 1.82) is 0 Å². The third kappa shape index (κ3) is 9.79. The van der Waals surface area contributed by atoms with Crippen LogP contribution in [0.25, 0.3) is 11.1 Å². The van der Waals surface area contributed by atoms with E-state index in [0.717, 1.165) is 18.9 Å². The number of carbonyl (C=O) groups is 3. The fraction of sp³-hybridized carbons (Fsp3) is 0.464. The van der Waals surface area contributed by atoms with Crippen molar-refractivity contribution in [2.24, 2.45) is 5.92 Å². The second-order valence-electron chi connectivity index (χ2n) is 9.75. The van der Waals surface area contributed by atoms with Crippen molar-refractivity contribution >= 4 is 40.4 Å². The number of hydrogen-bond donors (Lipinski definition) is 3. The number of rotatable bonds is 14. The lowest BCUT2D eigenvalue weighted by Crippen LogP contribution is -2.40. The van der Waals surface area contributed by atoms with Crippen LogP contribution >= 0.6 is 12.6 Å². The van der Waals surface area contributed by atoms with Gasteiger partial charge in [-0.05, 0) is 36.0 Å². The van der Waals surface area contributed by atoms with Crippen molar-refractivity contribution in [2.75, 3.05) is 12.3 Å². The van der Waals surface area contributed by atoms with E-state index >= 15 is 0 Å². The van der Waals surface area contributed by atoms with Gasteiger partial charge in [0.15, 0.2) is 0 Å². The summed E-state index contributed by atoms with van der Waals surface area (Å²) in [6.45, 7) is 7.91. The smallest absolute Gasteiger partial charge is 0.264 e. The number of benzene rings is 2. The van der Waals surface area contributed by atoms with Gasteiger partial charge in [-0.3, -0.25) is 14.4 Å². The summed E-state index contributed by atoms with van der Waals surface area (Å²) in [7, 11) is -4.01. The minimum Gasteiger partial charge on any atom is -0.352 e. The Morgan fingerprint density at radius 1 is 1.00 bits per heavy atom. The van der Waals surface area contributed by atoms with Crippen LogP contribution in [-0.2, 0) is 31.0 Å². The van der Waals surface area contributed by atoms with E-state index in [4.69, 9.17) is 0 Å². The normalized spacial score (nSPS) is 12.2. The molecular weight excluding hydrogens is 522 g/mol. The van der Waals surface area contributed by atoms with Crippen LogP contribution in [0.3, 0.4) is 0 Å². The second-order valence-corrected chi connectivity index (χ2v) is 11.8. The molecule has 38 heavy (non-hydrogen) atoms. The number of hydrogen-bond acceptors (Lipinski definition) is 6. The van der Waals surface area contributed by atoms with Gasteiger partial charge in [-0.25, -0.2) is 13.1 Å². The maximum atomic E-state index is 12.8. The van der Waals surface area contributed by atoms with Gasteiger partial charge in [-0.1, -0.05) is 63.2 Å². The zero-order valence-corrected chi connectivity index (χ0v) is 24.3. The monoisotopic (exact) mass is 561 g/mol. The fourth-order valence-electron chi connectivity index (χ4n) is 4.14. The number of nitrogens with zero attached hydrogens (tertiary/aromatic N) is 1. The lowest BCUT2D eigenvalue weighted by atomic mass is 10.0. The molecule has 0 saturated carbocycles. The first-order chi connectivity index (χ1) is 18.0. The molecule has 208 valence electrons. The topological polar surface area (TPSA) is 113 Å². The Kier molecular flexibility index (Phi) is 12.3. The van der Waals surface area contributed by atoms with Crippen molar-refractivity contribution in [2.45, 2.75) is 70.9 Å². The Labute approximate surface area is 232 Å². The molecule has 0 spiro atoms. The molecule has 0 unspecified atom stereocenters.